The molecule has 1 aromatic carbocycles. The van der Waals surface area contributed by atoms with E-state index in [0.29, 0.717) is 32.6 Å². The lowest BCUT2D eigenvalue weighted by Crippen LogP contribution is -2.43. The Morgan fingerprint density at radius 2 is 2.13 bits per heavy atom. The molecule has 0 radical (unpaired) electrons. The zero-order chi connectivity index (χ0) is 16.5. The SMILES string of the molecule is CCNC(=NCC1(O)CCOCC1)NCCc1cccc(Cl)c1. The van der Waals surface area contributed by atoms with Crippen LogP contribution in [0.25, 0.3) is 0 Å². The topological polar surface area (TPSA) is 65.9 Å². The minimum atomic E-state index is -0.743. The number of ether oxygens (including phenoxy) is 1. The maximum atomic E-state index is 10.5. The van der Waals surface area contributed by atoms with Gasteiger partial charge in [0.2, 0.25) is 0 Å². The first kappa shape index (κ1) is 18.0. The van der Waals surface area contributed by atoms with Crippen LogP contribution in [0.5, 0.6) is 0 Å². The molecule has 23 heavy (non-hydrogen) atoms. The van der Waals surface area contributed by atoms with Crippen molar-refractivity contribution in [3.63, 3.8) is 0 Å². The average molecular weight is 340 g/mol. The standard InChI is InChI=1S/C17H26ClN3O2/c1-2-19-16(21-13-17(22)7-10-23-11-8-17)20-9-6-14-4-3-5-15(18)12-14/h3-5,12,22H,2,6-11,13H2,1H3,(H2,19,20,21). The minimum Gasteiger partial charge on any atom is -0.388 e. The third kappa shape index (κ3) is 6.37. The van der Waals surface area contributed by atoms with E-state index in [4.69, 9.17) is 16.3 Å². The fourth-order valence-corrected chi connectivity index (χ4v) is 2.71. The molecular weight excluding hydrogens is 314 g/mol. The highest BCUT2D eigenvalue weighted by atomic mass is 35.5. The lowest BCUT2D eigenvalue weighted by atomic mass is 9.95. The van der Waals surface area contributed by atoms with Crippen molar-refractivity contribution in [1.82, 2.24) is 10.6 Å². The second-order valence-electron chi connectivity index (χ2n) is 5.84. The van der Waals surface area contributed by atoms with Crippen LogP contribution in [0.4, 0.5) is 0 Å². The Kier molecular flexibility index (Phi) is 7.15. The van der Waals surface area contributed by atoms with Crippen LogP contribution in [0, 0.1) is 0 Å². The summed E-state index contributed by atoms with van der Waals surface area (Å²) >= 11 is 5.99. The van der Waals surface area contributed by atoms with Crippen LogP contribution in [-0.2, 0) is 11.2 Å². The number of guanidine groups is 1. The summed E-state index contributed by atoms with van der Waals surface area (Å²) in [6.07, 6.45) is 2.14. The first-order valence-corrected chi connectivity index (χ1v) is 8.56. The highest BCUT2D eigenvalue weighted by molar-refractivity contribution is 6.30. The van der Waals surface area contributed by atoms with E-state index in [9.17, 15) is 5.11 Å². The van der Waals surface area contributed by atoms with Crippen LogP contribution in [0.2, 0.25) is 5.02 Å². The second kappa shape index (κ2) is 9.11. The van der Waals surface area contributed by atoms with E-state index < -0.39 is 5.60 Å². The predicted octanol–water partition coefficient (Wildman–Crippen LogP) is 1.98. The Hall–Kier alpha value is -1.30. The third-order valence-electron chi connectivity index (χ3n) is 3.89. The number of aliphatic hydroxyl groups is 1. The van der Waals surface area contributed by atoms with E-state index in [-0.39, 0.29) is 0 Å². The van der Waals surface area contributed by atoms with Crippen LogP contribution in [-0.4, -0.2) is 49.5 Å². The van der Waals surface area contributed by atoms with Gasteiger partial charge >= 0.3 is 0 Å². The molecule has 128 valence electrons. The van der Waals surface area contributed by atoms with E-state index in [1.165, 1.54) is 5.56 Å². The number of halogens is 1. The molecule has 0 spiro atoms. The van der Waals surface area contributed by atoms with E-state index in [0.717, 1.165) is 30.5 Å². The number of aliphatic imine (C=N–C) groups is 1. The summed E-state index contributed by atoms with van der Waals surface area (Å²) in [4.78, 5) is 4.52. The van der Waals surface area contributed by atoms with Gasteiger partial charge in [0.1, 0.15) is 0 Å². The molecule has 1 aromatic rings. The van der Waals surface area contributed by atoms with Crippen LogP contribution in [0.15, 0.2) is 29.3 Å². The molecule has 1 aliphatic rings. The quantitative estimate of drug-likeness (QED) is 0.547. The zero-order valence-electron chi connectivity index (χ0n) is 13.6. The van der Waals surface area contributed by atoms with Crippen LogP contribution in [0.3, 0.4) is 0 Å². The van der Waals surface area contributed by atoms with Gasteiger partial charge in [-0.3, -0.25) is 4.99 Å². The van der Waals surface area contributed by atoms with Gasteiger partial charge in [-0.1, -0.05) is 23.7 Å². The molecule has 0 amide bonds. The summed E-state index contributed by atoms with van der Waals surface area (Å²) in [7, 11) is 0. The monoisotopic (exact) mass is 339 g/mol. The lowest BCUT2D eigenvalue weighted by molar-refractivity contribution is -0.0565. The first-order chi connectivity index (χ1) is 11.1. The molecule has 0 aliphatic carbocycles. The molecule has 1 heterocycles. The molecule has 0 saturated carbocycles. The van der Waals surface area contributed by atoms with Gasteiger partial charge < -0.3 is 20.5 Å². The smallest absolute Gasteiger partial charge is 0.191 e. The molecule has 1 fully saturated rings. The average Bonchev–Trinajstić information content (AvgIpc) is 2.53. The minimum absolute atomic E-state index is 0.392. The summed E-state index contributed by atoms with van der Waals surface area (Å²) in [6.45, 7) is 5.16. The highest BCUT2D eigenvalue weighted by Gasteiger charge is 2.29. The largest absolute Gasteiger partial charge is 0.388 e. The van der Waals surface area contributed by atoms with E-state index in [2.05, 4.69) is 21.7 Å². The van der Waals surface area contributed by atoms with Crippen LogP contribution in [0.1, 0.15) is 25.3 Å². The first-order valence-electron chi connectivity index (χ1n) is 8.18. The molecule has 5 nitrogen and oxygen atoms in total. The third-order valence-corrected chi connectivity index (χ3v) is 4.13. The molecule has 6 heteroatoms. The molecule has 0 bridgehead atoms. The van der Waals surface area contributed by atoms with Gasteiger partial charge in [0.05, 0.1) is 12.1 Å². The predicted molar refractivity (Wildman–Crippen MR) is 94.1 cm³/mol. The van der Waals surface area contributed by atoms with Crippen molar-refractivity contribution in [2.24, 2.45) is 4.99 Å². The van der Waals surface area contributed by atoms with E-state index in [1.54, 1.807) is 0 Å². The molecule has 0 aromatic heterocycles. The fraction of sp³-hybridized carbons (Fsp3) is 0.588. The van der Waals surface area contributed by atoms with Gasteiger partial charge in [-0.05, 0) is 31.0 Å². The number of nitrogens with one attached hydrogen (secondary N) is 2. The Morgan fingerprint density at radius 3 is 2.83 bits per heavy atom. The number of hydrogen-bond donors (Lipinski definition) is 3. The summed E-state index contributed by atoms with van der Waals surface area (Å²) in [6, 6.07) is 7.86. The normalized spacial score (nSPS) is 17.8. The van der Waals surface area contributed by atoms with Gasteiger partial charge in [-0.15, -0.1) is 0 Å². The van der Waals surface area contributed by atoms with Gasteiger partial charge in [0.25, 0.3) is 0 Å². The van der Waals surface area contributed by atoms with Gasteiger partial charge in [0, 0.05) is 44.2 Å². The highest BCUT2D eigenvalue weighted by Crippen LogP contribution is 2.20. The molecule has 0 unspecified atom stereocenters. The van der Waals surface area contributed by atoms with E-state index in [1.807, 2.05) is 25.1 Å². The van der Waals surface area contributed by atoms with Gasteiger partial charge in [0.15, 0.2) is 5.96 Å². The number of nitrogens with zero attached hydrogens (tertiary/aromatic N) is 1. The van der Waals surface area contributed by atoms with Crippen molar-refractivity contribution < 1.29 is 9.84 Å². The van der Waals surface area contributed by atoms with Gasteiger partial charge in [-0.2, -0.15) is 0 Å². The summed E-state index contributed by atoms with van der Waals surface area (Å²) < 4.78 is 5.29. The molecule has 3 N–H and O–H groups in total. The molecule has 1 saturated heterocycles. The number of hydrogen-bond acceptors (Lipinski definition) is 3. The van der Waals surface area contributed by atoms with Crippen molar-refractivity contribution in [3.05, 3.63) is 34.9 Å². The van der Waals surface area contributed by atoms with Crippen molar-refractivity contribution in [2.45, 2.75) is 31.8 Å². The van der Waals surface area contributed by atoms with Crippen molar-refractivity contribution >= 4 is 17.6 Å². The van der Waals surface area contributed by atoms with E-state index >= 15 is 0 Å². The lowest BCUT2D eigenvalue weighted by Gasteiger charge is -2.30. The molecule has 2 rings (SSSR count). The Bertz CT molecular complexity index is 516. The van der Waals surface area contributed by atoms with Gasteiger partial charge in [-0.25, -0.2) is 0 Å². The second-order valence-corrected chi connectivity index (χ2v) is 6.28. The molecule has 1 aliphatic heterocycles. The maximum Gasteiger partial charge on any atom is 0.191 e. The fourth-order valence-electron chi connectivity index (χ4n) is 2.50. The zero-order valence-corrected chi connectivity index (χ0v) is 14.4. The van der Waals surface area contributed by atoms with Crippen LogP contribution >= 0.6 is 11.6 Å². The molecular formula is C17H26ClN3O2. The number of benzene rings is 1. The number of rotatable bonds is 6. The Morgan fingerprint density at radius 1 is 1.35 bits per heavy atom. The van der Waals surface area contributed by atoms with Crippen molar-refractivity contribution in [2.75, 3.05) is 32.8 Å². The van der Waals surface area contributed by atoms with Crippen molar-refractivity contribution in [3.8, 4) is 0 Å². The van der Waals surface area contributed by atoms with Crippen molar-refractivity contribution in [1.29, 1.82) is 0 Å². The van der Waals surface area contributed by atoms with Crippen LogP contribution < -0.4 is 10.6 Å². The Balaban J connectivity index is 1.83. The summed E-state index contributed by atoms with van der Waals surface area (Å²) in [5.74, 6) is 0.731. The summed E-state index contributed by atoms with van der Waals surface area (Å²) in [5.41, 5.74) is 0.442. The summed E-state index contributed by atoms with van der Waals surface area (Å²) in [5, 5.41) is 17.7. The molecule has 0 atom stereocenters. The maximum absolute atomic E-state index is 10.5. The Labute approximate surface area is 143 Å².